The number of nitrogens with zero attached hydrogens (tertiary/aromatic N) is 3. The molecule has 0 amide bonds. The van der Waals surface area contributed by atoms with Gasteiger partial charge in [-0.3, -0.25) is 4.90 Å². The molecule has 0 bridgehead atoms. The quantitative estimate of drug-likeness (QED) is 0.849. The Balaban J connectivity index is 1.56. The van der Waals surface area contributed by atoms with Crippen LogP contribution in [0.1, 0.15) is 62.4 Å². The molecular weight excluding hydrogens is 274 g/mol. The molecule has 1 atom stereocenters. The van der Waals surface area contributed by atoms with Crippen molar-refractivity contribution >= 4 is 0 Å². The number of aromatic nitrogens is 2. The van der Waals surface area contributed by atoms with Crippen molar-refractivity contribution in [3.63, 3.8) is 0 Å². The minimum absolute atomic E-state index is 0.459. The van der Waals surface area contributed by atoms with E-state index in [9.17, 15) is 0 Å². The Morgan fingerprint density at radius 3 is 2.73 bits per heavy atom. The van der Waals surface area contributed by atoms with Gasteiger partial charge in [0, 0.05) is 17.5 Å². The van der Waals surface area contributed by atoms with E-state index in [1.54, 1.807) is 0 Å². The van der Waals surface area contributed by atoms with Crippen molar-refractivity contribution in [3.05, 3.63) is 35.7 Å². The van der Waals surface area contributed by atoms with E-state index in [1.807, 2.05) is 0 Å². The first kappa shape index (κ1) is 13.9. The zero-order valence-electron chi connectivity index (χ0n) is 13.2. The van der Waals surface area contributed by atoms with Crippen LogP contribution in [-0.4, -0.2) is 28.1 Å². The molecular formula is C18H23N3O. The van der Waals surface area contributed by atoms with Crippen LogP contribution in [0, 0.1) is 0 Å². The third kappa shape index (κ3) is 2.56. The number of benzene rings is 1. The van der Waals surface area contributed by atoms with Crippen LogP contribution in [0.4, 0.5) is 0 Å². The fourth-order valence-corrected chi connectivity index (χ4v) is 3.45. The molecule has 0 radical (unpaired) electrons. The van der Waals surface area contributed by atoms with Gasteiger partial charge in [0.25, 0.3) is 0 Å². The van der Waals surface area contributed by atoms with Crippen molar-refractivity contribution in [2.75, 3.05) is 13.1 Å². The average molecular weight is 297 g/mol. The summed E-state index contributed by atoms with van der Waals surface area (Å²) in [6.07, 6.45) is 6.30. The molecule has 1 aliphatic heterocycles. The van der Waals surface area contributed by atoms with Gasteiger partial charge in [0.1, 0.15) is 0 Å². The van der Waals surface area contributed by atoms with Crippen molar-refractivity contribution in [2.45, 2.75) is 51.0 Å². The highest BCUT2D eigenvalue weighted by Gasteiger charge is 2.26. The van der Waals surface area contributed by atoms with Crippen molar-refractivity contribution in [2.24, 2.45) is 0 Å². The van der Waals surface area contributed by atoms with E-state index < -0.39 is 0 Å². The number of hydrogen-bond acceptors (Lipinski definition) is 4. The Labute approximate surface area is 131 Å². The molecule has 1 aromatic heterocycles. The summed E-state index contributed by atoms with van der Waals surface area (Å²) >= 11 is 0. The lowest BCUT2D eigenvalue weighted by Gasteiger charge is -2.24. The summed E-state index contributed by atoms with van der Waals surface area (Å²) in [4.78, 5) is 7.16. The first-order valence-electron chi connectivity index (χ1n) is 8.49. The van der Waals surface area contributed by atoms with E-state index in [-0.39, 0.29) is 0 Å². The second-order valence-electron chi connectivity index (χ2n) is 6.63. The van der Waals surface area contributed by atoms with Crippen LogP contribution in [0.2, 0.25) is 0 Å². The predicted octanol–water partition coefficient (Wildman–Crippen LogP) is 4.16. The van der Waals surface area contributed by atoms with Crippen LogP contribution in [0.25, 0.3) is 11.4 Å². The lowest BCUT2D eigenvalue weighted by molar-refractivity contribution is 0.263. The molecule has 1 saturated carbocycles. The van der Waals surface area contributed by atoms with Gasteiger partial charge in [-0.25, -0.2) is 0 Å². The second kappa shape index (κ2) is 5.84. The summed E-state index contributed by atoms with van der Waals surface area (Å²) < 4.78 is 5.45. The highest BCUT2D eigenvalue weighted by Crippen LogP contribution is 2.36. The Kier molecular flexibility index (Phi) is 3.70. The largest absolute Gasteiger partial charge is 0.339 e. The summed E-state index contributed by atoms with van der Waals surface area (Å²) in [6, 6.07) is 9.07. The number of rotatable bonds is 4. The first-order valence-corrected chi connectivity index (χ1v) is 8.49. The van der Waals surface area contributed by atoms with Crippen LogP contribution in [0.15, 0.2) is 28.8 Å². The molecule has 2 heterocycles. The van der Waals surface area contributed by atoms with Gasteiger partial charge in [-0.1, -0.05) is 29.8 Å². The smallest absolute Gasteiger partial charge is 0.230 e. The number of likely N-dealkylation sites (tertiary alicyclic amines) is 1. The fourth-order valence-electron chi connectivity index (χ4n) is 3.45. The lowest BCUT2D eigenvalue weighted by atomic mass is 9.85. The fraction of sp³-hybridized carbons (Fsp3) is 0.556. The molecule has 0 unspecified atom stereocenters. The van der Waals surface area contributed by atoms with Gasteiger partial charge in [-0.05, 0) is 57.3 Å². The normalized spacial score (nSPS) is 21.0. The van der Waals surface area contributed by atoms with Crippen LogP contribution < -0.4 is 0 Å². The molecule has 2 aliphatic rings. The van der Waals surface area contributed by atoms with Crippen LogP contribution >= 0.6 is 0 Å². The molecule has 2 aromatic rings. The van der Waals surface area contributed by atoms with Crippen LogP contribution in [0.3, 0.4) is 0 Å². The van der Waals surface area contributed by atoms with Gasteiger partial charge in [0.05, 0.1) is 0 Å². The molecule has 4 rings (SSSR count). The predicted molar refractivity (Wildman–Crippen MR) is 85.5 cm³/mol. The van der Waals surface area contributed by atoms with E-state index in [4.69, 9.17) is 4.52 Å². The Morgan fingerprint density at radius 2 is 2.00 bits per heavy atom. The Morgan fingerprint density at radius 1 is 1.18 bits per heavy atom. The summed E-state index contributed by atoms with van der Waals surface area (Å²) in [6.45, 7) is 4.71. The highest BCUT2D eigenvalue weighted by atomic mass is 16.5. The first-order chi connectivity index (χ1) is 10.8. The molecule has 2 fully saturated rings. The molecule has 1 saturated heterocycles. The molecule has 22 heavy (non-hydrogen) atoms. The van der Waals surface area contributed by atoms with E-state index in [2.05, 4.69) is 46.2 Å². The van der Waals surface area contributed by atoms with E-state index in [1.165, 1.54) is 50.8 Å². The molecule has 0 N–H and O–H groups in total. The van der Waals surface area contributed by atoms with Crippen molar-refractivity contribution < 1.29 is 4.52 Å². The third-order valence-electron chi connectivity index (χ3n) is 5.21. The van der Waals surface area contributed by atoms with Crippen LogP contribution in [0.5, 0.6) is 0 Å². The average Bonchev–Trinajstić information content (AvgIpc) is 3.16. The third-order valence-corrected chi connectivity index (χ3v) is 5.21. The molecule has 0 spiro atoms. The van der Waals surface area contributed by atoms with Crippen molar-refractivity contribution in [3.8, 4) is 11.4 Å². The highest BCUT2D eigenvalue weighted by molar-refractivity contribution is 5.55. The molecule has 4 heteroatoms. The topological polar surface area (TPSA) is 42.2 Å². The van der Waals surface area contributed by atoms with Gasteiger partial charge in [-0.2, -0.15) is 4.98 Å². The molecule has 1 aliphatic carbocycles. The van der Waals surface area contributed by atoms with Gasteiger partial charge in [-0.15, -0.1) is 0 Å². The summed E-state index contributed by atoms with van der Waals surface area (Å²) in [5, 5.41) is 4.19. The maximum Gasteiger partial charge on any atom is 0.230 e. The number of hydrogen-bond donors (Lipinski definition) is 0. The molecule has 116 valence electrons. The maximum atomic E-state index is 5.45. The zero-order valence-corrected chi connectivity index (χ0v) is 13.2. The second-order valence-corrected chi connectivity index (χ2v) is 6.63. The van der Waals surface area contributed by atoms with Gasteiger partial charge < -0.3 is 4.52 Å². The standard InChI is InChI=1S/C18H23N3O/c1-13(21-10-2-3-11-21)15-8-5-9-16(12-15)17-19-18(22-20-17)14-6-4-7-14/h5,8-9,12-14H,2-4,6-7,10-11H2,1H3/t13-/m1/s1. The summed E-state index contributed by atoms with van der Waals surface area (Å²) in [7, 11) is 0. The SMILES string of the molecule is C[C@H](c1cccc(-c2noc(C3CCC3)n2)c1)N1CCCC1. The van der Waals surface area contributed by atoms with Crippen LogP contribution in [-0.2, 0) is 0 Å². The van der Waals surface area contributed by atoms with E-state index in [0.717, 1.165) is 17.3 Å². The van der Waals surface area contributed by atoms with Crippen molar-refractivity contribution in [1.29, 1.82) is 0 Å². The van der Waals surface area contributed by atoms with E-state index >= 15 is 0 Å². The van der Waals surface area contributed by atoms with E-state index in [0.29, 0.717) is 12.0 Å². The monoisotopic (exact) mass is 297 g/mol. The zero-order chi connectivity index (χ0) is 14.9. The molecule has 4 nitrogen and oxygen atoms in total. The Hall–Kier alpha value is -1.68. The van der Waals surface area contributed by atoms with Gasteiger partial charge >= 0.3 is 0 Å². The lowest BCUT2D eigenvalue weighted by Crippen LogP contribution is -2.23. The minimum atomic E-state index is 0.459. The van der Waals surface area contributed by atoms with Gasteiger partial charge in [0.2, 0.25) is 11.7 Å². The molecule has 1 aromatic carbocycles. The minimum Gasteiger partial charge on any atom is -0.339 e. The maximum absolute atomic E-state index is 5.45. The van der Waals surface area contributed by atoms with Crippen molar-refractivity contribution in [1.82, 2.24) is 15.0 Å². The summed E-state index contributed by atoms with van der Waals surface area (Å²) in [5.41, 5.74) is 2.41. The summed E-state index contributed by atoms with van der Waals surface area (Å²) in [5.74, 6) is 2.05. The van der Waals surface area contributed by atoms with Gasteiger partial charge in [0.15, 0.2) is 0 Å². The Bertz CT molecular complexity index is 641.